The first-order valence-electron chi connectivity index (χ1n) is 5.56. The van der Waals surface area contributed by atoms with Crippen molar-refractivity contribution in [3.63, 3.8) is 0 Å². The van der Waals surface area contributed by atoms with Crippen LogP contribution in [0.3, 0.4) is 0 Å². The maximum absolute atomic E-state index is 11.7. The van der Waals surface area contributed by atoms with Gasteiger partial charge in [-0.1, -0.05) is 6.92 Å². The molecule has 1 aromatic rings. The Balaban J connectivity index is 2.18. The highest BCUT2D eigenvalue weighted by Gasteiger charge is 2.24. The largest absolute Gasteiger partial charge is 0.334 e. The van der Waals surface area contributed by atoms with Gasteiger partial charge in [0.1, 0.15) is 6.04 Å². The summed E-state index contributed by atoms with van der Waals surface area (Å²) in [7, 11) is 0. The first kappa shape index (κ1) is 10.4. The van der Waals surface area contributed by atoms with E-state index in [2.05, 4.69) is 9.55 Å². The zero-order valence-corrected chi connectivity index (χ0v) is 9.07. The number of hydrogen-bond acceptors (Lipinski definition) is 3. The third kappa shape index (κ3) is 1.81. The molecule has 0 saturated carbocycles. The van der Waals surface area contributed by atoms with Crippen molar-refractivity contribution >= 4 is 5.78 Å². The molecule has 1 unspecified atom stereocenters. The van der Waals surface area contributed by atoms with Crippen molar-refractivity contribution in [2.24, 2.45) is 5.73 Å². The van der Waals surface area contributed by atoms with E-state index in [0.717, 1.165) is 37.2 Å². The molecule has 0 saturated heterocycles. The molecular weight excluding hydrogens is 190 g/mol. The maximum atomic E-state index is 11.7. The Bertz CT molecular complexity index is 370. The molecular formula is C11H17N3O. The van der Waals surface area contributed by atoms with Crippen LogP contribution < -0.4 is 5.73 Å². The Kier molecular flexibility index (Phi) is 2.86. The lowest BCUT2D eigenvalue weighted by Crippen LogP contribution is -2.22. The minimum atomic E-state index is -0.515. The highest BCUT2D eigenvalue weighted by atomic mass is 16.1. The standard InChI is InChI=1S/C11H17N3O/c1-2-4-9(15)10(12)11-8-5-3-6-14(8)7-13-11/h7,10H,2-6,12H2,1H3. The molecule has 1 aromatic heterocycles. The molecule has 1 aliphatic rings. The van der Waals surface area contributed by atoms with Gasteiger partial charge in [-0.15, -0.1) is 0 Å². The van der Waals surface area contributed by atoms with Crippen LogP contribution in [0.15, 0.2) is 6.33 Å². The third-order valence-electron chi connectivity index (χ3n) is 2.93. The van der Waals surface area contributed by atoms with Crippen molar-refractivity contribution in [3.8, 4) is 0 Å². The highest BCUT2D eigenvalue weighted by Crippen LogP contribution is 2.23. The summed E-state index contributed by atoms with van der Waals surface area (Å²) < 4.78 is 2.11. The molecule has 0 spiro atoms. The molecule has 1 aliphatic heterocycles. The summed E-state index contributed by atoms with van der Waals surface area (Å²) >= 11 is 0. The van der Waals surface area contributed by atoms with Crippen molar-refractivity contribution in [3.05, 3.63) is 17.7 Å². The van der Waals surface area contributed by atoms with E-state index in [4.69, 9.17) is 5.73 Å². The molecule has 0 bridgehead atoms. The monoisotopic (exact) mass is 207 g/mol. The fraction of sp³-hybridized carbons (Fsp3) is 0.636. The number of hydrogen-bond donors (Lipinski definition) is 1. The van der Waals surface area contributed by atoms with Gasteiger partial charge in [-0.2, -0.15) is 0 Å². The number of carbonyl (C=O) groups excluding carboxylic acids is 1. The number of fused-ring (bicyclic) bond motifs is 1. The number of imidazole rings is 1. The van der Waals surface area contributed by atoms with Gasteiger partial charge in [0.25, 0.3) is 0 Å². The lowest BCUT2D eigenvalue weighted by Gasteiger charge is -2.08. The van der Waals surface area contributed by atoms with Crippen LogP contribution in [-0.4, -0.2) is 15.3 Å². The molecule has 0 fully saturated rings. The van der Waals surface area contributed by atoms with E-state index >= 15 is 0 Å². The second kappa shape index (κ2) is 4.14. The molecule has 82 valence electrons. The smallest absolute Gasteiger partial charge is 0.155 e. The predicted molar refractivity (Wildman–Crippen MR) is 57.4 cm³/mol. The van der Waals surface area contributed by atoms with E-state index in [1.807, 2.05) is 6.92 Å². The third-order valence-corrected chi connectivity index (χ3v) is 2.93. The summed E-state index contributed by atoms with van der Waals surface area (Å²) in [6.45, 7) is 3.00. The molecule has 0 radical (unpaired) electrons. The molecule has 2 heterocycles. The number of aromatic nitrogens is 2. The van der Waals surface area contributed by atoms with E-state index in [9.17, 15) is 4.79 Å². The number of rotatable bonds is 4. The van der Waals surface area contributed by atoms with Crippen LogP contribution >= 0.6 is 0 Å². The van der Waals surface area contributed by atoms with Crippen LogP contribution in [0, 0.1) is 0 Å². The molecule has 0 aromatic carbocycles. The average Bonchev–Trinajstić information content (AvgIpc) is 2.77. The first-order chi connectivity index (χ1) is 7.24. The van der Waals surface area contributed by atoms with Crippen LogP contribution in [-0.2, 0) is 17.8 Å². The second-order valence-electron chi connectivity index (χ2n) is 4.07. The van der Waals surface area contributed by atoms with Gasteiger partial charge in [-0.05, 0) is 19.3 Å². The summed E-state index contributed by atoms with van der Waals surface area (Å²) in [4.78, 5) is 15.9. The van der Waals surface area contributed by atoms with E-state index < -0.39 is 6.04 Å². The van der Waals surface area contributed by atoms with Gasteiger partial charge in [0.15, 0.2) is 5.78 Å². The van der Waals surface area contributed by atoms with Crippen molar-refractivity contribution in [1.82, 2.24) is 9.55 Å². The summed E-state index contributed by atoms with van der Waals surface area (Å²) in [5.41, 5.74) is 7.87. The lowest BCUT2D eigenvalue weighted by atomic mass is 10.0. The van der Waals surface area contributed by atoms with Crippen LogP contribution in [0.4, 0.5) is 0 Å². The molecule has 4 nitrogen and oxygen atoms in total. The Hall–Kier alpha value is -1.16. The molecule has 2 N–H and O–H groups in total. The Morgan fingerprint density at radius 1 is 1.73 bits per heavy atom. The van der Waals surface area contributed by atoms with Gasteiger partial charge in [0.2, 0.25) is 0 Å². The Labute approximate surface area is 89.5 Å². The van der Waals surface area contributed by atoms with Crippen LogP contribution in [0.25, 0.3) is 0 Å². The molecule has 0 amide bonds. The van der Waals surface area contributed by atoms with Gasteiger partial charge in [0.05, 0.1) is 12.0 Å². The van der Waals surface area contributed by atoms with Gasteiger partial charge in [0, 0.05) is 18.7 Å². The normalized spacial score (nSPS) is 16.4. The second-order valence-corrected chi connectivity index (χ2v) is 4.07. The molecule has 0 aliphatic carbocycles. The number of Topliss-reactive ketones (excluding diaryl/α,β-unsaturated/α-hetero) is 1. The van der Waals surface area contributed by atoms with Gasteiger partial charge >= 0.3 is 0 Å². The van der Waals surface area contributed by atoms with E-state index in [1.54, 1.807) is 6.33 Å². The van der Waals surface area contributed by atoms with Gasteiger partial charge in [-0.3, -0.25) is 4.79 Å². The minimum Gasteiger partial charge on any atom is -0.334 e. The van der Waals surface area contributed by atoms with Crippen molar-refractivity contribution in [2.75, 3.05) is 0 Å². The molecule has 4 heteroatoms. The topological polar surface area (TPSA) is 60.9 Å². The molecule has 1 atom stereocenters. The number of carbonyl (C=O) groups is 1. The average molecular weight is 207 g/mol. The molecule has 15 heavy (non-hydrogen) atoms. The van der Waals surface area contributed by atoms with Crippen molar-refractivity contribution < 1.29 is 4.79 Å². The van der Waals surface area contributed by atoms with E-state index in [0.29, 0.717) is 6.42 Å². The van der Waals surface area contributed by atoms with Crippen molar-refractivity contribution in [1.29, 1.82) is 0 Å². The fourth-order valence-corrected chi connectivity index (χ4v) is 2.12. The summed E-state index contributed by atoms with van der Waals surface area (Å²) in [6.07, 6.45) is 5.34. The van der Waals surface area contributed by atoms with Crippen LogP contribution in [0.1, 0.15) is 43.6 Å². The van der Waals surface area contributed by atoms with Gasteiger partial charge in [-0.25, -0.2) is 4.98 Å². The number of nitrogens with zero attached hydrogens (tertiary/aromatic N) is 2. The van der Waals surface area contributed by atoms with E-state index in [1.165, 1.54) is 0 Å². The fourth-order valence-electron chi connectivity index (χ4n) is 2.12. The van der Waals surface area contributed by atoms with Crippen LogP contribution in [0.2, 0.25) is 0 Å². The molecule has 2 rings (SSSR count). The van der Waals surface area contributed by atoms with Gasteiger partial charge < -0.3 is 10.3 Å². The summed E-state index contributed by atoms with van der Waals surface area (Å²) in [6, 6.07) is -0.515. The maximum Gasteiger partial charge on any atom is 0.155 e. The van der Waals surface area contributed by atoms with E-state index in [-0.39, 0.29) is 5.78 Å². The van der Waals surface area contributed by atoms with Crippen LogP contribution in [0.5, 0.6) is 0 Å². The lowest BCUT2D eigenvalue weighted by molar-refractivity contribution is -0.120. The summed E-state index contributed by atoms with van der Waals surface area (Å²) in [5.74, 6) is 0.103. The highest BCUT2D eigenvalue weighted by molar-refractivity contribution is 5.84. The summed E-state index contributed by atoms with van der Waals surface area (Å²) in [5, 5.41) is 0. The Morgan fingerprint density at radius 2 is 2.53 bits per heavy atom. The number of ketones is 1. The zero-order valence-electron chi connectivity index (χ0n) is 9.07. The van der Waals surface area contributed by atoms with Crippen molar-refractivity contribution in [2.45, 2.75) is 45.2 Å². The number of nitrogens with two attached hydrogens (primary N) is 1. The number of aryl methyl sites for hydroxylation is 1. The quantitative estimate of drug-likeness (QED) is 0.807. The Morgan fingerprint density at radius 3 is 3.27 bits per heavy atom. The minimum absolute atomic E-state index is 0.103. The zero-order chi connectivity index (χ0) is 10.8. The first-order valence-corrected chi connectivity index (χ1v) is 5.56. The predicted octanol–water partition coefficient (Wildman–Crippen LogP) is 1.20. The SMILES string of the molecule is CCCC(=O)C(N)c1ncn2c1CCC2.